The Balaban J connectivity index is 1.65. The van der Waals surface area contributed by atoms with Crippen LogP contribution in [0.5, 0.6) is 5.75 Å². The van der Waals surface area contributed by atoms with Gasteiger partial charge in [0.05, 0.1) is 17.7 Å². The van der Waals surface area contributed by atoms with Crippen LogP contribution in [0.2, 0.25) is 0 Å². The number of hydrogen-bond donors (Lipinski definition) is 1. The molecule has 3 aromatic rings. The van der Waals surface area contributed by atoms with Crippen LogP contribution < -0.4 is 10.1 Å². The first-order valence-electron chi connectivity index (χ1n) is 13.3. The van der Waals surface area contributed by atoms with Gasteiger partial charge >= 0.3 is 0 Å². The molecular formula is C31H33F2N3O5. The van der Waals surface area contributed by atoms with Gasteiger partial charge in [-0.15, -0.1) is 0 Å². The molecule has 0 fully saturated rings. The van der Waals surface area contributed by atoms with Crippen molar-refractivity contribution in [3.63, 3.8) is 0 Å². The van der Waals surface area contributed by atoms with E-state index in [2.05, 4.69) is 5.32 Å². The summed E-state index contributed by atoms with van der Waals surface area (Å²) in [5.74, 6) is -1.84. The lowest BCUT2D eigenvalue weighted by Crippen LogP contribution is -2.48. The Morgan fingerprint density at radius 3 is 2.15 bits per heavy atom. The van der Waals surface area contributed by atoms with Crippen LogP contribution in [-0.4, -0.2) is 73.5 Å². The number of benzene rings is 3. The monoisotopic (exact) mass is 565 g/mol. The van der Waals surface area contributed by atoms with Gasteiger partial charge in [-0.05, 0) is 73.7 Å². The summed E-state index contributed by atoms with van der Waals surface area (Å²) < 4.78 is 38.6. The molecule has 0 saturated heterocycles. The fraction of sp³-hybridized carbons (Fsp3) is 0.323. The number of nitrogens with zero attached hydrogens (tertiary/aromatic N) is 2. The van der Waals surface area contributed by atoms with E-state index in [1.807, 2.05) is 13.8 Å². The average molecular weight is 566 g/mol. The molecule has 3 atom stereocenters. The number of amides is 3. The second-order valence-corrected chi connectivity index (χ2v) is 10.2. The molecule has 216 valence electrons. The molecule has 41 heavy (non-hydrogen) atoms. The van der Waals surface area contributed by atoms with E-state index >= 15 is 0 Å². The van der Waals surface area contributed by atoms with Crippen LogP contribution in [0.25, 0.3) is 0 Å². The number of nitrogens with one attached hydrogen (secondary N) is 1. The average Bonchev–Trinajstić information content (AvgIpc) is 2.97. The van der Waals surface area contributed by atoms with Gasteiger partial charge in [-0.2, -0.15) is 0 Å². The molecule has 1 N–H and O–H groups in total. The minimum Gasteiger partial charge on any atom is -0.491 e. The number of anilines is 1. The Bertz CT molecular complexity index is 1400. The van der Waals surface area contributed by atoms with Gasteiger partial charge in [-0.1, -0.05) is 6.92 Å². The molecule has 0 bridgehead atoms. The lowest BCUT2D eigenvalue weighted by atomic mass is 10.0. The highest BCUT2D eigenvalue weighted by Crippen LogP contribution is 2.27. The zero-order chi connectivity index (χ0) is 29.7. The van der Waals surface area contributed by atoms with Gasteiger partial charge in [-0.3, -0.25) is 14.4 Å². The number of hydrogen-bond acceptors (Lipinski definition) is 5. The van der Waals surface area contributed by atoms with E-state index in [0.717, 1.165) is 0 Å². The third-order valence-electron chi connectivity index (χ3n) is 7.16. The highest BCUT2D eigenvalue weighted by atomic mass is 19.1. The van der Waals surface area contributed by atoms with Crippen LogP contribution in [0.15, 0.2) is 66.7 Å². The van der Waals surface area contributed by atoms with Crippen molar-refractivity contribution in [2.24, 2.45) is 5.92 Å². The van der Waals surface area contributed by atoms with Crippen molar-refractivity contribution in [3.8, 4) is 5.75 Å². The fourth-order valence-corrected chi connectivity index (χ4v) is 4.70. The number of carbonyl (C=O) groups is 3. The first kappa shape index (κ1) is 29.7. The van der Waals surface area contributed by atoms with E-state index in [-0.39, 0.29) is 47.8 Å². The zero-order valence-electron chi connectivity index (χ0n) is 23.4. The second kappa shape index (κ2) is 12.9. The molecule has 0 saturated carbocycles. The smallest absolute Gasteiger partial charge is 0.257 e. The highest BCUT2D eigenvalue weighted by molar-refractivity contribution is 6.05. The van der Waals surface area contributed by atoms with Gasteiger partial charge in [0, 0.05) is 50.0 Å². The van der Waals surface area contributed by atoms with Crippen LogP contribution >= 0.6 is 0 Å². The molecule has 8 nitrogen and oxygen atoms in total. The summed E-state index contributed by atoms with van der Waals surface area (Å²) in [4.78, 5) is 43.0. The first-order valence-corrected chi connectivity index (χ1v) is 13.3. The van der Waals surface area contributed by atoms with Crippen molar-refractivity contribution in [1.82, 2.24) is 9.80 Å². The van der Waals surface area contributed by atoms with Crippen LogP contribution in [0, 0.1) is 17.6 Å². The number of halogens is 2. The van der Waals surface area contributed by atoms with E-state index in [1.54, 1.807) is 31.2 Å². The Morgan fingerprint density at radius 2 is 1.54 bits per heavy atom. The molecule has 0 aromatic heterocycles. The molecule has 0 unspecified atom stereocenters. The van der Waals surface area contributed by atoms with Crippen molar-refractivity contribution in [3.05, 3.63) is 95.1 Å². The van der Waals surface area contributed by atoms with Gasteiger partial charge in [-0.25, -0.2) is 8.78 Å². The van der Waals surface area contributed by atoms with Crippen molar-refractivity contribution < 1.29 is 32.6 Å². The first-order chi connectivity index (χ1) is 19.6. The zero-order valence-corrected chi connectivity index (χ0v) is 23.4. The Kier molecular flexibility index (Phi) is 9.34. The summed E-state index contributed by atoms with van der Waals surface area (Å²) in [6, 6.07) is 14.8. The Labute approximate surface area is 237 Å². The maximum absolute atomic E-state index is 13.6. The molecular weight excluding hydrogens is 532 g/mol. The standard InChI is InChI=1S/C31H33F2N3O5/c1-19-16-36(30(38)22-7-11-24(33)12-8-22)20(2)18-41-27-14-13-25(34-29(37)21-5-9-23(32)10-6-21)15-26(27)31(39)35(3)17-28(19)40-4/h5-15,19-20,28H,16-18H2,1-4H3,(H,34,37)/t19-,20-,28+/m0/s1. The van der Waals surface area contributed by atoms with Crippen molar-refractivity contribution >= 4 is 23.4 Å². The highest BCUT2D eigenvalue weighted by Gasteiger charge is 2.31. The molecule has 0 spiro atoms. The summed E-state index contributed by atoms with van der Waals surface area (Å²) in [6.07, 6.45) is -0.398. The molecule has 3 amide bonds. The van der Waals surface area contributed by atoms with Crippen LogP contribution in [0.1, 0.15) is 44.9 Å². The van der Waals surface area contributed by atoms with Crippen molar-refractivity contribution in [2.45, 2.75) is 26.0 Å². The molecule has 4 rings (SSSR count). The summed E-state index contributed by atoms with van der Waals surface area (Å²) in [7, 11) is 3.20. The number of likely N-dealkylation sites (N-methyl/N-ethyl adjacent to an activating group) is 1. The molecule has 1 aliphatic heterocycles. The van der Waals surface area contributed by atoms with E-state index in [0.29, 0.717) is 17.8 Å². The van der Waals surface area contributed by atoms with Gasteiger partial charge < -0.3 is 24.6 Å². The summed E-state index contributed by atoms with van der Waals surface area (Å²) in [5, 5.41) is 2.74. The number of methoxy groups -OCH3 is 1. The lowest BCUT2D eigenvalue weighted by Gasteiger charge is -2.36. The number of rotatable bonds is 4. The topological polar surface area (TPSA) is 88.2 Å². The van der Waals surface area contributed by atoms with E-state index in [4.69, 9.17) is 9.47 Å². The molecule has 3 aromatic carbocycles. The van der Waals surface area contributed by atoms with E-state index in [9.17, 15) is 23.2 Å². The van der Waals surface area contributed by atoms with Gasteiger partial charge in [0.1, 0.15) is 24.0 Å². The SMILES string of the molecule is CO[C@@H]1CN(C)C(=O)c2cc(NC(=O)c3ccc(F)cc3)ccc2OC[C@H](C)N(C(=O)c2ccc(F)cc2)C[C@@H]1C. The predicted molar refractivity (Wildman–Crippen MR) is 150 cm³/mol. The van der Waals surface area contributed by atoms with Gasteiger partial charge in [0.2, 0.25) is 0 Å². The number of fused-ring (bicyclic) bond motifs is 1. The normalized spacial score (nSPS) is 19.9. The van der Waals surface area contributed by atoms with Crippen molar-refractivity contribution in [2.75, 3.05) is 39.2 Å². The Morgan fingerprint density at radius 1 is 0.927 bits per heavy atom. The molecule has 1 heterocycles. The summed E-state index contributed by atoms with van der Waals surface area (Å²) in [6.45, 7) is 4.40. The maximum Gasteiger partial charge on any atom is 0.257 e. The number of ether oxygens (including phenoxy) is 2. The van der Waals surface area contributed by atoms with Crippen LogP contribution in [0.3, 0.4) is 0 Å². The quantitative estimate of drug-likeness (QED) is 0.488. The minimum atomic E-state index is -0.461. The summed E-state index contributed by atoms with van der Waals surface area (Å²) >= 11 is 0. The lowest BCUT2D eigenvalue weighted by molar-refractivity contribution is 0.0111. The third-order valence-corrected chi connectivity index (χ3v) is 7.16. The van der Waals surface area contributed by atoms with Gasteiger partial charge in [0.25, 0.3) is 17.7 Å². The van der Waals surface area contributed by atoms with Crippen molar-refractivity contribution in [1.29, 1.82) is 0 Å². The molecule has 0 aliphatic carbocycles. The molecule has 1 aliphatic rings. The third kappa shape index (κ3) is 7.07. The van der Waals surface area contributed by atoms with Crippen LogP contribution in [-0.2, 0) is 4.74 Å². The minimum absolute atomic E-state index is 0.0720. The molecule has 0 radical (unpaired) electrons. The largest absolute Gasteiger partial charge is 0.491 e. The number of carbonyl (C=O) groups excluding carboxylic acids is 3. The van der Waals surface area contributed by atoms with Crippen LogP contribution in [0.4, 0.5) is 14.5 Å². The second-order valence-electron chi connectivity index (χ2n) is 10.2. The molecule has 10 heteroatoms. The Hall–Kier alpha value is -4.31. The summed E-state index contributed by atoms with van der Waals surface area (Å²) in [5.41, 5.74) is 1.18. The van der Waals surface area contributed by atoms with Gasteiger partial charge in [0.15, 0.2) is 0 Å². The maximum atomic E-state index is 13.6. The predicted octanol–water partition coefficient (Wildman–Crippen LogP) is 4.86. The van der Waals surface area contributed by atoms with E-state index < -0.39 is 29.7 Å². The fourth-order valence-electron chi connectivity index (χ4n) is 4.70. The van der Waals surface area contributed by atoms with E-state index in [1.165, 1.54) is 59.5 Å².